The minimum Gasteiger partial charge on any atom is -0.497 e. The number of nitrogens with zero attached hydrogens (tertiary/aromatic N) is 1. The van der Waals surface area contributed by atoms with Crippen LogP contribution in [0.3, 0.4) is 0 Å². The number of sulfone groups is 1. The van der Waals surface area contributed by atoms with Crippen molar-refractivity contribution in [2.45, 2.75) is 4.90 Å². The summed E-state index contributed by atoms with van der Waals surface area (Å²) in [6.45, 7) is 0. The third kappa shape index (κ3) is 3.39. The lowest BCUT2D eigenvalue weighted by Crippen LogP contribution is -2.11. The first-order valence-electron chi connectivity index (χ1n) is 6.93. The van der Waals surface area contributed by atoms with Gasteiger partial charge in [-0.05, 0) is 42.5 Å². The number of amides is 1. The molecule has 24 heavy (non-hydrogen) atoms. The molecule has 0 aliphatic heterocycles. The number of methoxy groups -OCH3 is 1. The van der Waals surface area contributed by atoms with Gasteiger partial charge >= 0.3 is 0 Å². The number of thiazole rings is 1. The second-order valence-corrected chi connectivity index (χ2v) is 8.15. The Kier molecular flexibility index (Phi) is 4.25. The number of rotatable bonds is 4. The Hall–Kier alpha value is -2.45. The van der Waals surface area contributed by atoms with Crippen molar-refractivity contribution >= 4 is 42.4 Å². The van der Waals surface area contributed by atoms with Crippen LogP contribution in [0, 0.1) is 0 Å². The third-order valence-corrected chi connectivity index (χ3v) is 5.40. The molecule has 3 rings (SSSR count). The maximum absolute atomic E-state index is 12.2. The Morgan fingerprint density at radius 1 is 1.17 bits per heavy atom. The number of carbonyl (C=O) groups is 1. The van der Waals surface area contributed by atoms with Gasteiger partial charge in [0.15, 0.2) is 15.0 Å². The van der Waals surface area contributed by atoms with E-state index in [1.165, 1.54) is 17.4 Å². The van der Waals surface area contributed by atoms with Crippen LogP contribution in [0.15, 0.2) is 47.4 Å². The Bertz CT molecular complexity index is 1010. The van der Waals surface area contributed by atoms with Crippen molar-refractivity contribution in [3.63, 3.8) is 0 Å². The Labute approximate surface area is 143 Å². The minimum absolute atomic E-state index is 0.228. The highest BCUT2D eigenvalue weighted by atomic mass is 32.2. The number of fused-ring (bicyclic) bond motifs is 1. The zero-order valence-corrected chi connectivity index (χ0v) is 14.6. The summed E-state index contributed by atoms with van der Waals surface area (Å²) in [5, 5.41) is 3.13. The first-order chi connectivity index (χ1) is 11.4. The van der Waals surface area contributed by atoms with Crippen LogP contribution >= 0.6 is 11.3 Å². The smallest absolute Gasteiger partial charge is 0.257 e. The van der Waals surface area contributed by atoms with Gasteiger partial charge in [-0.1, -0.05) is 11.3 Å². The molecule has 0 spiro atoms. The molecule has 124 valence electrons. The molecule has 2 aromatic carbocycles. The summed E-state index contributed by atoms with van der Waals surface area (Å²) >= 11 is 1.23. The van der Waals surface area contributed by atoms with Crippen LogP contribution in [-0.4, -0.2) is 32.7 Å². The highest BCUT2D eigenvalue weighted by Gasteiger charge is 2.13. The first-order valence-corrected chi connectivity index (χ1v) is 9.63. The number of hydrogen-bond donors (Lipinski definition) is 1. The van der Waals surface area contributed by atoms with Gasteiger partial charge in [0, 0.05) is 11.8 Å². The average Bonchev–Trinajstić information content (AvgIpc) is 2.95. The summed E-state index contributed by atoms with van der Waals surface area (Å²) in [7, 11) is -1.72. The van der Waals surface area contributed by atoms with Crippen LogP contribution in [0.2, 0.25) is 0 Å². The molecule has 0 radical (unpaired) electrons. The van der Waals surface area contributed by atoms with Gasteiger partial charge in [-0.25, -0.2) is 13.4 Å². The highest BCUT2D eigenvalue weighted by Crippen LogP contribution is 2.28. The predicted octanol–water partition coefficient (Wildman–Crippen LogP) is 2.96. The van der Waals surface area contributed by atoms with Crippen molar-refractivity contribution in [1.82, 2.24) is 4.98 Å². The molecule has 3 aromatic rings. The van der Waals surface area contributed by atoms with Gasteiger partial charge in [-0.3, -0.25) is 10.1 Å². The second-order valence-electron chi connectivity index (χ2n) is 5.10. The van der Waals surface area contributed by atoms with Gasteiger partial charge in [-0.15, -0.1) is 0 Å². The van der Waals surface area contributed by atoms with Crippen LogP contribution in [-0.2, 0) is 9.84 Å². The molecule has 1 amide bonds. The van der Waals surface area contributed by atoms with E-state index < -0.39 is 9.84 Å². The SMILES string of the molecule is COc1ccc(C(=O)Nc2nc3ccc(S(C)(=O)=O)cc3s2)cc1. The molecule has 0 atom stereocenters. The fourth-order valence-corrected chi connectivity index (χ4v) is 3.72. The van der Waals surface area contributed by atoms with E-state index in [1.54, 1.807) is 43.5 Å². The largest absolute Gasteiger partial charge is 0.497 e. The quantitative estimate of drug-likeness (QED) is 0.771. The normalized spacial score (nSPS) is 11.4. The predicted molar refractivity (Wildman–Crippen MR) is 93.7 cm³/mol. The summed E-state index contributed by atoms with van der Waals surface area (Å²) < 4.78 is 29.0. The van der Waals surface area contributed by atoms with Gasteiger partial charge in [0.2, 0.25) is 0 Å². The van der Waals surface area contributed by atoms with Gasteiger partial charge < -0.3 is 4.74 Å². The molecule has 0 fully saturated rings. The van der Waals surface area contributed by atoms with E-state index in [-0.39, 0.29) is 10.8 Å². The summed E-state index contributed by atoms with van der Waals surface area (Å²) in [6.07, 6.45) is 1.15. The van der Waals surface area contributed by atoms with Gasteiger partial charge in [0.05, 0.1) is 22.2 Å². The van der Waals surface area contributed by atoms with E-state index in [2.05, 4.69) is 10.3 Å². The zero-order valence-electron chi connectivity index (χ0n) is 12.9. The zero-order chi connectivity index (χ0) is 17.3. The molecule has 0 saturated heterocycles. The highest BCUT2D eigenvalue weighted by molar-refractivity contribution is 7.90. The third-order valence-electron chi connectivity index (χ3n) is 3.36. The van der Waals surface area contributed by atoms with Crippen molar-refractivity contribution in [2.75, 3.05) is 18.7 Å². The van der Waals surface area contributed by atoms with E-state index in [0.717, 1.165) is 6.26 Å². The van der Waals surface area contributed by atoms with Crippen molar-refractivity contribution in [3.05, 3.63) is 48.0 Å². The number of hydrogen-bond acceptors (Lipinski definition) is 6. The standard InChI is InChI=1S/C16H14N2O4S2/c1-22-11-5-3-10(4-6-11)15(19)18-16-17-13-8-7-12(24(2,20)21)9-14(13)23-16/h3-9H,1-2H3,(H,17,18,19). The van der Waals surface area contributed by atoms with E-state index in [1.807, 2.05) is 0 Å². The lowest BCUT2D eigenvalue weighted by Gasteiger charge is -2.03. The van der Waals surface area contributed by atoms with Crippen LogP contribution in [0.1, 0.15) is 10.4 Å². The number of ether oxygens (including phenoxy) is 1. The number of carbonyl (C=O) groups excluding carboxylic acids is 1. The summed E-state index contributed by atoms with van der Waals surface area (Å²) in [4.78, 5) is 16.8. The number of benzene rings is 2. The van der Waals surface area contributed by atoms with Gasteiger partial charge in [0.1, 0.15) is 5.75 Å². The first kappa shape index (κ1) is 16.4. The Morgan fingerprint density at radius 3 is 2.50 bits per heavy atom. The average molecular weight is 362 g/mol. The maximum Gasteiger partial charge on any atom is 0.257 e. The molecule has 1 heterocycles. The number of anilines is 1. The van der Waals surface area contributed by atoms with Crippen LogP contribution < -0.4 is 10.1 Å². The molecular formula is C16H14N2O4S2. The lowest BCUT2D eigenvalue weighted by atomic mass is 10.2. The van der Waals surface area contributed by atoms with E-state index in [4.69, 9.17) is 4.74 Å². The van der Waals surface area contributed by atoms with Crippen molar-refractivity contribution in [2.24, 2.45) is 0 Å². The van der Waals surface area contributed by atoms with E-state index in [9.17, 15) is 13.2 Å². The fraction of sp³-hybridized carbons (Fsp3) is 0.125. The topological polar surface area (TPSA) is 85.4 Å². The molecular weight excluding hydrogens is 348 g/mol. The monoisotopic (exact) mass is 362 g/mol. The van der Waals surface area contributed by atoms with Crippen LogP contribution in [0.5, 0.6) is 5.75 Å². The molecule has 1 aromatic heterocycles. The van der Waals surface area contributed by atoms with Gasteiger partial charge in [0.25, 0.3) is 5.91 Å². The van der Waals surface area contributed by atoms with Crippen molar-refractivity contribution < 1.29 is 17.9 Å². The van der Waals surface area contributed by atoms with E-state index in [0.29, 0.717) is 26.7 Å². The van der Waals surface area contributed by atoms with Crippen molar-refractivity contribution in [1.29, 1.82) is 0 Å². The molecule has 0 aliphatic carbocycles. The van der Waals surface area contributed by atoms with E-state index >= 15 is 0 Å². The molecule has 1 N–H and O–H groups in total. The fourth-order valence-electron chi connectivity index (χ4n) is 2.10. The lowest BCUT2D eigenvalue weighted by molar-refractivity contribution is 0.102. The number of nitrogens with one attached hydrogen (secondary N) is 1. The molecule has 6 nitrogen and oxygen atoms in total. The molecule has 0 unspecified atom stereocenters. The molecule has 0 bridgehead atoms. The summed E-state index contributed by atoms with van der Waals surface area (Å²) in [5.41, 5.74) is 1.12. The van der Waals surface area contributed by atoms with Crippen molar-refractivity contribution in [3.8, 4) is 5.75 Å². The Balaban J connectivity index is 1.85. The molecule has 8 heteroatoms. The second kappa shape index (κ2) is 6.21. The number of aromatic nitrogens is 1. The molecule has 0 aliphatic rings. The summed E-state index contributed by atoms with van der Waals surface area (Å²) in [5.74, 6) is 0.375. The Morgan fingerprint density at radius 2 is 1.88 bits per heavy atom. The molecule has 0 saturated carbocycles. The maximum atomic E-state index is 12.2. The van der Waals surface area contributed by atoms with Crippen LogP contribution in [0.25, 0.3) is 10.2 Å². The van der Waals surface area contributed by atoms with Crippen LogP contribution in [0.4, 0.5) is 5.13 Å². The van der Waals surface area contributed by atoms with Gasteiger partial charge in [-0.2, -0.15) is 0 Å². The summed E-state index contributed by atoms with van der Waals surface area (Å²) in [6, 6.07) is 11.4. The minimum atomic E-state index is -3.28.